The highest BCUT2D eigenvalue weighted by atomic mass is 32.1. The second-order valence-corrected chi connectivity index (χ2v) is 5.14. The quantitative estimate of drug-likeness (QED) is 0.536. The Hall–Kier alpha value is -1.47. The second kappa shape index (κ2) is 8.65. The van der Waals surface area contributed by atoms with Crippen molar-refractivity contribution >= 4 is 22.9 Å². The molecule has 0 spiro atoms. The number of unbranched alkanes of at least 4 members (excludes halogenated alkanes) is 1. The van der Waals surface area contributed by atoms with E-state index in [2.05, 4.69) is 5.10 Å². The van der Waals surface area contributed by atoms with E-state index in [0.29, 0.717) is 24.6 Å². The van der Waals surface area contributed by atoms with Crippen molar-refractivity contribution in [1.29, 1.82) is 0 Å². The van der Waals surface area contributed by atoms with E-state index < -0.39 is 0 Å². The van der Waals surface area contributed by atoms with Crippen molar-refractivity contribution in [3.63, 3.8) is 0 Å². The number of thiocarbonyl (C=S) groups is 1. The largest absolute Gasteiger partial charge is 0.393 e. The molecular formula is C13H22N4O2S. The van der Waals surface area contributed by atoms with Gasteiger partial charge in [-0.15, -0.1) is 0 Å². The zero-order chi connectivity index (χ0) is 15.0. The van der Waals surface area contributed by atoms with Gasteiger partial charge < -0.3 is 15.4 Å². The van der Waals surface area contributed by atoms with Crippen molar-refractivity contribution in [3.8, 4) is 0 Å². The molecule has 0 bridgehead atoms. The Kier molecular flexibility index (Phi) is 7.17. The lowest BCUT2D eigenvalue weighted by Crippen LogP contribution is -2.27. The Morgan fingerprint density at radius 2 is 2.30 bits per heavy atom. The van der Waals surface area contributed by atoms with Gasteiger partial charge in [-0.1, -0.05) is 12.2 Å². The number of nitrogens with two attached hydrogens (primary N) is 1. The standard InChI is InChI=1S/C13H22N4O2S/c1-16(7-8-19-2)11-9-13(18)17(15-10-11)6-4-3-5-12(14)20/h9-10H,3-8H2,1-2H3,(H2,14,20). The summed E-state index contributed by atoms with van der Waals surface area (Å²) in [5, 5.41) is 4.18. The fourth-order valence-corrected chi connectivity index (χ4v) is 1.86. The van der Waals surface area contributed by atoms with Gasteiger partial charge >= 0.3 is 0 Å². The summed E-state index contributed by atoms with van der Waals surface area (Å²) in [5.41, 5.74) is 6.13. The molecule has 0 unspecified atom stereocenters. The molecule has 0 amide bonds. The van der Waals surface area contributed by atoms with Crippen LogP contribution in [0.5, 0.6) is 0 Å². The highest BCUT2D eigenvalue weighted by Gasteiger charge is 2.04. The molecule has 1 heterocycles. The minimum absolute atomic E-state index is 0.0953. The number of nitrogens with zero attached hydrogens (tertiary/aromatic N) is 3. The van der Waals surface area contributed by atoms with Crippen LogP contribution in [0.4, 0.5) is 5.69 Å². The van der Waals surface area contributed by atoms with Crippen LogP contribution in [0.2, 0.25) is 0 Å². The van der Waals surface area contributed by atoms with Crippen LogP contribution < -0.4 is 16.2 Å². The first kappa shape index (κ1) is 16.6. The molecule has 0 aromatic carbocycles. The molecule has 0 aliphatic heterocycles. The Morgan fingerprint density at radius 1 is 1.55 bits per heavy atom. The molecule has 0 fully saturated rings. The number of rotatable bonds is 9. The summed E-state index contributed by atoms with van der Waals surface area (Å²) in [5.74, 6) is 0. The van der Waals surface area contributed by atoms with Crippen molar-refractivity contribution in [1.82, 2.24) is 9.78 Å². The molecule has 1 rings (SSSR count). The predicted molar refractivity (Wildman–Crippen MR) is 84.3 cm³/mol. The first-order valence-electron chi connectivity index (χ1n) is 6.60. The van der Waals surface area contributed by atoms with E-state index in [4.69, 9.17) is 22.7 Å². The van der Waals surface area contributed by atoms with E-state index in [9.17, 15) is 4.79 Å². The summed E-state index contributed by atoms with van der Waals surface area (Å²) in [6, 6.07) is 1.59. The summed E-state index contributed by atoms with van der Waals surface area (Å²) < 4.78 is 6.47. The molecule has 6 nitrogen and oxygen atoms in total. The van der Waals surface area contributed by atoms with Gasteiger partial charge in [-0.05, 0) is 19.3 Å². The molecule has 0 saturated heterocycles. The van der Waals surface area contributed by atoms with E-state index >= 15 is 0 Å². The van der Waals surface area contributed by atoms with E-state index in [1.165, 1.54) is 4.68 Å². The van der Waals surface area contributed by atoms with Gasteiger partial charge in [0.2, 0.25) is 0 Å². The summed E-state index contributed by atoms with van der Waals surface area (Å²) in [4.78, 5) is 14.4. The van der Waals surface area contributed by atoms with Gasteiger partial charge in [0.1, 0.15) is 0 Å². The van der Waals surface area contributed by atoms with Crippen LogP contribution in [0.1, 0.15) is 19.3 Å². The van der Waals surface area contributed by atoms with Crippen LogP contribution in [-0.4, -0.2) is 42.1 Å². The van der Waals surface area contributed by atoms with Crippen molar-refractivity contribution in [2.75, 3.05) is 32.2 Å². The van der Waals surface area contributed by atoms with Crippen LogP contribution in [-0.2, 0) is 11.3 Å². The van der Waals surface area contributed by atoms with E-state index in [0.717, 1.165) is 25.1 Å². The maximum atomic E-state index is 11.9. The first-order chi connectivity index (χ1) is 9.54. The van der Waals surface area contributed by atoms with Gasteiger partial charge in [-0.3, -0.25) is 4.79 Å². The lowest BCUT2D eigenvalue weighted by Gasteiger charge is -2.18. The molecule has 0 atom stereocenters. The zero-order valence-electron chi connectivity index (χ0n) is 12.0. The molecule has 2 N–H and O–H groups in total. The molecule has 7 heteroatoms. The van der Waals surface area contributed by atoms with Crippen LogP contribution in [0, 0.1) is 0 Å². The van der Waals surface area contributed by atoms with Gasteiger partial charge in [0.15, 0.2) is 0 Å². The van der Waals surface area contributed by atoms with Gasteiger partial charge in [-0.2, -0.15) is 5.10 Å². The monoisotopic (exact) mass is 298 g/mol. The molecular weight excluding hydrogens is 276 g/mol. The van der Waals surface area contributed by atoms with Crippen molar-refractivity contribution < 1.29 is 4.74 Å². The van der Waals surface area contributed by atoms with Crippen molar-refractivity contribution in [2.45, 2.75) is 25.8 Å². The first-order valence-corrected chi connectivity index (χ1v) is 7.01. The molecule has 0 aliphatic carbocycles. The third-order valence-corrected chi connectivity index (χ3v) is 3.17. The number of hydrogen-bond acceptors (Lipinski definition) is 5. The summed E-state index contributed by atoms with van der Waals surface area (Å²) in [6.45, 7) is 1.91. The minimum Gasteiger partial charge on any atom is -0.393 e. The maximum absolute atomic E-state index is 11.9. The number of methoxy groups -OCH3 is 1. The smallest absolute Gasteiger partial charge is 0.268 e. The van der Waals surface area contributed by atoms with E-state index in [1.807, 2.05) is 11.9 Å². The summed E-state index contributed by atoms with van der Waals surface area (Å²) >= 11 is 4.81. The Labute approximate surface area is 124 Å². The van der Waals surface area contributed by atoms with Crippen molar-refractivity contribution in [3.05, 3.63) is 22.6 Å². The average molecular weight is 298 g/mol. The normalized spacial score (nSPS) is 10.5. The van der Waals surface area contributed by atoms with Crippen molar-refractivity contribution in [2.24, 2.45) is 5.73 Å². The van der Waals surface area contributed by atoms with Gasteiger partial charge in [0, 0.05) is 33.3 Å². The molecule has 1 aromatic heterocycles. The summed E-state index contributed by atoms with van der Waals surface area (Å²) in [6.07, 6.45) is 4.12. The molecule has 0 aliphatic rings. The highest BCUT2D eigenvalue weighted by Crippen LogP contribution is 2.06. The summed E-state index contributed by atoms with van der Waals surface area (Å²) in [7, 11) is 3.55. The minimum atomic E-state index is -0.0953. The lowest BCUT2D eigenvalue weighted by molar-refractivity contribution is 0.206. The average Bonchev–Trinajstić information content (AvgIpc) is 2.42. The van der Waals surface area contributed by atoms with Crippen LogP contribution in [0.15, 0.2) is 17.1 Å². The Bertz CT molecular complexity index is 490. The fourth-order valence-electron chi connectivity index (χ4n) is 1.72. The third-order valence-electron chi connectivity index (χ3n) is 2.97. The topological polar surface area (TPSA) is 73.4 Å². The van der Waals surface area contributed by atoms with Crippen LogP contribution in [0.25, 0.3) is 0 Å². The van der Waals surface area contributed by atoms with E-state index in [-0.39, 0.29) is 5.56 Å². The molecule has 0 saturated carbocycles. The maximum Gasteiger partial charge on any atom is 0.268 e. The molecule has 20 heavy (non-hydrogen) atoms. The number of anilines is 1. The fraction of sp³-hybridized carbons (Fsp3) is 0.615. The number of ether oxygens (including phenoxy) is 1. The molecule has 1 aromatic rings. The Morgan fingerprint density at radius 3 is 2.90 bits per heavy atom. The zero-order valence-corrected chi connectivity index (χ0v) is 12.9. The highest BCUT2D eigenvalue weighted by molar-refractivity contribution is 7.80. The van der Waals surface area contributed by atoms with Crippen LogP contribution in [0.3, 0.4) is 0 Å². The van der Waals surface area contributed by atoms with Gasteiger partial charge in [-0.25, -0.2) is 4.68 Å². The lowest BCUT2D eigenvalue weighted by atomic mass is 10.2. The second-order valence-electron chi connectivity index (χ2n) is 4.61. The molecule has 112 valence electrons. The van der Waals surface area contributed by atoms with E-state index in [1.54, 1.807) is 19.4 Å². The Balaban J connectivity index is 2.55. The number of aryl methyl sites for hydroxylation is 1. The molecule has 0 radical (unpaired) electrons. The number of hydrogen-bond donors (Lipinski definition) is 1. The van der Waals surface area contributed by atoms with Gasteiger partial charge in [0.25, 0.3) is 5.56 Å². The van der Waals surface area contributed by atoms with Crippen LogP contribution >= 0.6 is 12.2 Å². The SMILES string of the molecule is COCCN(C)c1cnn(CCCCC(N)=S)c(=O)c1. The third kappa shape index (κ3) is 5.66. The number of aromatic nitrogens is 2. The predicted octanol–water partition coefficient (Wildman–Crippen LogP) is 0.782. The van der Waals surface area contributed by atoms with Gasteiger partial charge in [0.05, 0.1) is 23.5 Å². The number of likely N-dealkylation sites (N-methyl/N-ethyl adjacent to an activating group) is 1.